The number of nitrogens with zero attached hydrogens (tertiary/aromatic N) is 1. The largest absolute Gasteiger partial charge is 0.459 e. The van der Waals surface area contributed by atoms with Gasteiger partial charge in [0.15, 0.2) is 5.76 Å². The minimum absolute atomic E-state index is 0.157. The van der Waals surface area contributed by atoms with Crippen LogP contribution in [0.4, 0.5) is 0 Å². The minimum atomic E-state index is -0.613. The van der Waals surface area contributed by atoms with E-state index < -0.39 is 6.04 Å². The van der Waals surface area contributed by atoms with Crippen LogP contribution in [-0.2, 0) is 4.79 Å². The normalized spacial score (nSPS) is 18.4. The summed E-state index contributed by atoms with van der Waals surface area (Å²) in [5.74, 6) is -0.165. The fraction of sp³-hybridized carbons (Fsp3) is 0.250. The molecule has 5 nitrogen and oxygen atoms in total. The summed E-state index contributed by atoms with van der Waals surface area (Å²) in [6.07, 6.45) is 1.46. The summed E-state index contributed by atoms with van der Waals surface area (Å²) in [4.78, 5) is 26.4. The van der Waals surface area contributed by atoms with Crippen molar-refractivity contribution >= 4 is 11.8 Å². The molecule has 0 saturated carbocycles. The van der Waals surface area contributed by atoms with E-state index in [1.54, 1.807) is 17.0 Å². The first-order valence-electron chi connectivity index (χ1n) is 6.86. The molecular formula is C16H16N2O3. The van der Waals surface area contributed by atoms with Gasteiger partial charge in [-0.2, -0.15) is 0 Å². The van der Waals surface area contributed by atoms with Gasteiger partial charge >= 0.3 is 0 Å². The Labute approximate surface area is 122 Å². The van der Waals surface area contributed by atoms with Gasteiger partial charge in [0.1, 0.15) is 6.04 Å². The monoisotopic (exact) mass is 284 g/mol. The number of hydrogen-bond acceptors (Lipinski definition) is 3. The number of carbonyl (C=O) groups excluding carboxylic acids is 2. The number of aryl methyl sites for hydroxylation is 1. The minimum Gasteiger partial charge on any atom is -0.459 e. The van der Waals surface area contributed by atoms with Crippen LogP contribution in [0.5, 0.6) is 0 Å². The maximum atomic E-state index is 12.6. The van der Waals surface area contributed by atoms with Crippen molar-refractivity contribution in [3.05, 3.63) is 59.5 Å². The zero-order chi connectivity index (χ0) is 14.8. The molecule has 2 amide bonds. The maximum Gasteiger partial charge on any atom is 0.290 e. The zero-order valence-corrected chi connectivity index (χ0v) is 11.7. The van der Waals surface area contributed by atoms with Gasteiger partial charge in [-0.1, -0.05) is 24.3 Å². The van der Waals surface area contributed by atoms with Crippen molar-refractivity contribution in [3.63, 3.8) is 0 Å². The number of rotatable bonds is 2. The van der Waals surface area contributed by atoms with Crippen molar-refractivity contribution in [1.29, 1.82) is 0 Å². The van der Waals surface area contributed by atoms with E-state index in [-0.39, 0.29) is 17.6 Å². The molecule has 2 aromatic rings. The van der Waals surface area contributed by atoms with E-state index in [2.05, 4.69) is 5.32 Å². The van der Waals surface area contributed by atoms with Gasteiger partial charge in [-0.15, -0.1) is 0 Å². The van der Waals surface area contributed by atoms with Crippen LogP contribution >= 0.6 is 0 Å². The molecule has 0 spiro atoms. The van der Waals surface area contributed by atoms with E-state index in [1.807, 2.05) is 31.2 Å². The lowest BCUT2D eigenvalue weighted by Crippen LogP contribution is -2.52. The summed E-state index contributed by atoms with van der Waals surface area (Å²) in [6, 6.07) is 10.3. The van der Waals surface area contributed by atoms with Gasteiger partial charge in [0.2, 0.25) is 5.91 Å². The first-order chi connectivity index (χ1) is 10.2. The molecule has 0 aliphatic carbocycles. The van der Waals surface area contributed by atoms with Gasteiger partial charge < -0.3 is 14.6 Å². The zero-order valence-electron chi connectivity index (χ0n) is 11.7. The standard InChI is InChI=1S/C16H16N2O3/c1-11-5-2-3-6-12(11)14-15(19)17-8-9-18(14)16(20)13-7-4-10-21-13/h2-7,10,14H,8-9H2,1H3,(H,17,19). The molecule has 108 valence electrons. The summed E-state index contributed by atoms with van der Waals surface area (Å²) in [7, 11) is 0. The van der Waals surface area contributed by atoms with E-state index in [4.69, 9.17) is 4.42 Å². The van der Waals surface area contributed by atoms with Crippen molar-refractivity contribution < 1.29 is 14.0 Å². The lowest BCUT2D eigenvalue weighted by atomic mass is 9.97. The summed E-state index contributed by atoms with van der Waals surface area (Å²) in [5.41, 5.74) is 1.83. The van der Waals surface area contributed by atoms with Crippen LogP contribution in [-0.4, -0.2) is 29.8 Å². The SMILES string of the molecule is Cc1ccccc1C1C(=O)NCCN1C(=O)c1ccco1. The molecule has 1 aromatic heterocycles. The molecule has 5 heteroatoms. The molecular weight excluding hydrogens is 268 g/mol. The first kappa shape index (κ1) is 13.4. The molecule has 1 unspecified atom stereocenters. The smallest absolute Gasteiger partial charge is 0.290 e. The van der Waals surface area contributed by atoms with Crippen LogP contribution in [0.1, 0.15) is 27.7 Å². The molecule has 2 heterocycles. The van der Waals surface area contributed by atoms with E-state index >= 15 is 0 Å². The molecule has 1 atom stereocenters. The van der Waals surface area contributed by atoms with E-state index in [0.717, 1.165) is 11.1 Å². The maximum absolute atomic E-state index is 12.6. The number of carbonyl (C=O) groups is 2. The molecule has 21 heavy (non-hydrogen) atoms. The summed E-state index contributed by atoms with van der Waals surface area (Å²) in [5, 5.41) is 2.82. The van der Waals surface area contributed by atoms with Crippen molar-refractivity contribution in [3.8, 4) is 0 Å². The average Bonchev–Trinajstić information content (AvgIpc) is 3.01. The highest BCUT2D eigenvalue weighted by Gasteiger charge is 2.36. The van der Waals surface area contributed by atoms with Crippen LogP contribution in [0.15, 0.2) is 47.1 Å². The molecule has 1 fully saturated rings. The highest BCUT2D eigenvalue weighted by atomic mass is 16.3. The molecule has 1 aliphatic rings. The van der Waals surface area contributed by atoms with Gasteiger partial charge in [-0.3, -0.25) is 9.59 Å². The Morgan fingerprint density at radius 3 is 2.81 bits per heavy atom. The third-order valence-electron chi connectivity index (χ3n) is 3.69. The van der Waals surface area contributed by atoms with Gasteiger partial charge in [0.25, 0.3) is 5.91 Å². The van der Waals surface area contributed by atoms with E-state index in [0.29, 0.717) is 13.1 Å². The van der Waals surface area contributed by atoms with Crippen LogP contribution in [0.3, 0.4) is 0 Å². The lowest BCUT2D eigenvalue weighted by molar-refractivity contribution is -0.128. The second-order valence-electron chi connectivity index (χ2n) is 5.03. The van der Waals surface area contributed by atoms with Crippen molar-refractivity contribution in [1.82, 2.24) is 10.2 Å². The third-order valence-corrected chi connectivity index (χ3v) is 3.69. The Hall–Kier alpha value is -2.56. The Kier molecular flexibility index (Phi) is 3.48. The predicted molar refractivity (Wildman–Crippen MR) is 76.7 cm³/mol. The third kappa shape index (κ3) is 2.42. The number of furan rings is 1. The molecule has 0 bridgehead atoms. The van der Waals surface area contributed by atoms with Gasteiger partial charge in [-0.05, 0) is 30.2 Å². The number of hydrogen-bond donors (Lipinski definition) is 1. The molecule has 1 aliphatic heterocycles. The summed E-state index contributed by atoms with van der Waals surface area (Å²) >= 11 is 0. The quantitative estimate of drug-likeness (QED) is 0.916. The second kappa shape index (κ2) is 5.44. The molecule has 0 radical (unpaired) electrons. The fourth-order valence-corrected chi connectivity index (χ4v) is 2.63. The Morgan fingerprint density at radius 2 is 2.10 bits per heavy atom. The van der Waals surface area contributed by atoms with E-state index in [9.17, 15) is 9.59 Å². The van der Waals surface area contributed by atoms with Crippen LogP contribution < -0.4 is 5.32 Å². The Balaban J connectivity index is 1.99. The Morgan fingerprint density at radius 1 is 1.29 bits per heavy atom. The van der Waals surface area contributed by atoms with Crippen LogP contribution in [0.25, 0.3) is 0 Å². The molecule has 3 rings (SSSR count). The van der Waals surface area contributed by atoms with Gasteiger partial charge in [-0.25, -0.2) is 0 Å². The number of amides is 2. The fourth-order valence-electron chi connectivity index (χ4n) is 2.63. The highest BCUT2D eigenvalue weighted by molar-refractivity contribution is 5.96. The highest BCUT2D eigenvalue weighted by Crippen LogP contribution is 2.27. The van der Waals surface area contributed by atoms with Gasteiger partial charge in [0, 0.05) is 13.1 Å². The number of benzene rings is 1. The second-order valence-corrected chi connectivity index (χ2v) is 5.03. The van der Waals surface area contributed by atoms with Crippen LogP contribution in [0, 0.1) is 6.92 Å². The van der Waals surface area contributed by atoms with Crippen molar-refractivity contribution in [2.24, 2.45) is 0 Å². The molecule has 1 N–H and O–H groups in total. The summed E-state index contributed by atoms with van der Waals surface area (Å²) < 4.78 is 5.18. The van der Waals surface area contributed by atoms with Crippen LogP contribution in [0.2, 0.25) is 0 Å². The first-order valence-corrected chi connectivity index (χ1v) is 6.86. The van der Waals surface area contributed by atoms with E-state index in [1.165, 1.54) is 6.26 Å². The number of piperazine rings is 1. The summed E-state index contributed by atoms with van der Waals surface area (Å²) in [6.45, 7) is 2.85. The predicted octanol–water partition coefficient (Wildman–Crippen LogP) is 1.90. The lowest BCUT2D eigenvalue weighted by Gasteiger charge is -2.35. The van der Waals surface area contributed by atoms with Crippen molar-refractivity contribution in [2.75, 3.05) is 13.1 Å². The molecule has 1 aromatic carbocycles. The van der Waals surface area contributed by atoms with Crippen molar-refractivity contribution in [2.45, 2.75) is 13.0 Å². The average molecular weight is 284 g/mol. The molecule has 1 saturated heterocycles. The topological polar surface area (TPSA) is 62.6 Å². The number of nitrogens with one attached hydrogen (secondary N) is 1. The van der Waals surface area contributed by atoms with Gasteiger partial charge in [0.05, 0.1) is 6.26 Å². The Bertz CT molecular complexity index is 664.